The number of hydrogen-bond donors (Lipinski definition) is 2. The van der Waals surface area contributed by atoms with Crippen molar-refractivity contribution in [1.29, 1.82) is 0 Å². The van der Waals surface area contributed by atoms with E-state index in [4.69, 9.17) is 0 Å². The van der Waals surface area contributed by atoms with Crippen LogP contribution in [-0.4, -0.2) is 24.2 Å². The lowest BCUT2D eigenvalue weighted by Crippen LogP contribution is -2.30. The molecule has 31 heavy (non-hydrogen) atoms. The third kappa shape index (κ3) is 5.52. The van der Waals surface area contributed by atoms with Crippen LogP contribution in [0, 0.1) is 0 Å². The van der Waals surface area contributed by atoms with Crippen LogP contribution in [0.25, 0.3) is 22.2 Å². The van der Waals surface area contributed by atoms with Gasteiger partial charge in [0.05, 0.1) is 17.7 Å². The van der Waals surface area contributed by atoms with Crippen LogP contribution in [0.4, 0.5) is 39.5 Å². The first kappa shape index (κ1) is 23.0. The van der Waals surface area contributed by atoms with E-state index in [0.29, 0.717) is 28.6 Å². The Bertz CT molecular complexity index is 1030. The molecule has 2 N–H and O–H groups in total. The van der Waals surface area contributed by atoms with Crippen molar-refractivity contribution in [2.75, 3.05) is 13.1 Å². The number of nitrogens with one attached hydrogen (secondary N) is 2. The molecule has 0 fully saturated rings. The molecule has 0 aliphatic heterocycles. The van der Waals surface area contributed by atoms with Crippen molar-refractivity contribution in [3.05, 3.63) is 59.2 Å². The maximum atomic E-state index is 13.2. The first-order valence-corrected chi connectivity index (χ1v) is 8.92. The highest BCUT2D eigenvalue weighted by Gasteiger charge is 2.37. The largest absolute Gasteiger partial charge is 0.416 e. The first-order chi connectivity index (χ1) is 14.3. The van der Waals surface area contributed by atoms with Gasteiger partial charge in [0, 0.05) is 16.6 Å². The van der Waals surface area contributed by atoms with Gasteiger partial charge in [0.25, 0.3) is 0 Å². The number of fused-ring (bicyclic) bond motifs is 1. The molecule has 0 atom stereocenters. The smallest absolute Gasteiger partial charge is 0.354 e. The van der Waals surface area contributed by atoms with Crippen LogP contribution >= 0.6 is 0 Å². The molecule has 3 aromatic rings. The van der Waals surface area contributed by atoms with Crippen LogP contribution in [0.1, 0.15) is 16.7 Å². The Morgan fingerprint density at radius 1 is 0.774 bits per heavy atom. The fourth-order valence-corrected chi connectivity index (χ4v) is 3.25. The second-order valence-electron chi connectivity index (χ2n) is 6.86. The van der Waals surface area contributed by atoms with Gasteiger partial charge in [-0.1, -0.05) is 18.2 Å². The lowest BCUT2D eigenvalue weighted by molar-refractivity contribution is -0.143. The molecule has 0 saturated carbocycles. The van der Waals surface area contributed by atoms with E-state index in [9.17, 15) is 39.5 Å². The van der Waals surface area contributed by atoms with Crippen molar-refractivity contribution in [2.45, 2.75) is 24.9 Å². The molecule has 0 amide bonds. The minimum absolute atomic E-state index is 0.00777. The summed E-state index contributed by atoms with van der Waals surface area (Å²) in [5, 5.41) is 2.68. The van der Waals surface area contributed by atoms with Crippen LogP contribution in [0.5, 0.6) is 0 Å². The number of aromatic amines is 1. The minimum Gasteiger partial charge on any atom is -0.354 e. The Balaban J connectivity index is 2.09. The highest BCUT2D eigenvalue weighted by Crippen LogP contribution is 2.40. The van der Waals surface area contributed by atoms with Gasteiger partial charge in [-0.05, 0) is 48.4 Å². The molecule has 0 unspecified atom stereocenters. The number of H-pyrrole nitrogens is 1. The zero-order valence-electron chi connectivity index (χ0n) is 15.6. The average molecular weight is 454 g/mol. The molecule has 0 spiro atoms. The van der Waals surface area contributed by atoms with Gasteiger partial charge < -0.3 is 10.3 Å². The summed E-state index contributed by atoms with van der Waals surface area (Å²) in [4.78, 5) is 2.81. The highest BCUT2D eigenvalue weighted by atomic mass is 19.4. The quantitative estimate of drug-likeness (QED) is 0.331. The maximum Gasteiger partial charge on any atom is 0.416 e. The molecule has 2 aromatic carbocycles. The second kappa shape index (κ2) is 8.10. The van der Waals surface area contributed by atoms with Crippen LogP contribution < -0.4 is 5.32 Å². The van der Waals surface area contributed by atoms with Crippen LogP contribution in [0.3, 0.4) is 0 Å². The monoisotopic (exact) mass is 454 g/mol. The molecular formula is C20H15F9N2. The number of rotatable bonds is 5. The van der Waals surface area contributed by atoms with Crippen molar-refractivity contribution in [2.24, 2.45) is 0 Å². The molecule has 0 aliphatic carbocycles. The number of alkyl halides is 9. The summed E-state index contributed by atoms with van der Waals surface area (Å²) < 4.78 is 116. The van der Waals surface area contributed by atoms with Crippen LogP contribution in [-0.2, 0) is 18.8 Å². The number of benzene rings is 2. The van der Waals surface area contributed by atoms with Gasteiger partial charge in [0.2, 0.25) is 0 Å². The molecule has 3 rings (SSSR count). The molecular weight excluding hydrogens is 439 g/mol. The van der Waals surface area contributed by atoms with E-state index in [-0.39, 0.29) is 30.3 Å². The van der Waals surface area contributed by atoms with Gasteiger partial charge in [-0.2, -0.15) is 39.5 Å². The van der Waals surface area contributed by atoms with E-state index in [1.54, 1.807) is 24.3 Å². The van der Waals surface area contributed by atoms with Crippen molar-refractivity contribution in [1.82, 2.24) is 10.3 Å². The summed E-state index contributed by atoms with van der Waals surface area (Å²) >= 11 is 0. The summed E-state index contributed by atoms with van der Waals surface area (Å²) in [6.07, 6.45) is -14.5. The van der Waals surface area contributed by atoms with Gasteiger partial charge in [-0.15, -0.1) is 0 Å². The van der Waals surface area contributed by atoms with E-state index in [1.807, 2.05) is 0 Å². The Morgan fingerprint density at radius 3 is 1.90 bits per heavy atom. The normalized spacial score (nSPS) is 13.2. The first-order valence-electron chi connectivity index (χ1n) is 8.92. The van der Waals surface area contributed by atoms with Gasteiger partial charge in [-0.3, -0.25) is 0 Å². The predicted octanol–water partition coefficient (Wildman–Crippen LogP) is 6.57. The number of halogens is 9. The van der Waals surface area contributed by atoms with Crippen LogP contribution in [0.15, 0.2) is 42.5 Å². The third-order valence-electron chi connectivity index (χ3n) is 4.57. The summed E-state index contributed by atoms with van der Waals surface area (Å²) in [5.74, 6) is 0. The Hall–Kier alpha value is -2.69. The van der Waals surface area contributed by atoms with Crippen molar-refractivity contribution in [3.63, 3.8) is 0 Å². The minimum atomic E-state index is -5.02. The van der Waals surface area contributed by atoms with E-state index in [2.05, 4.69) is 10.3 Å². The molecule has 0 radical (unpaired) electrons. The molecule has 11 heteroatoms. The molecule has 0 saturated heterocycles. The highest BCUT2D eigenvalue weighted by molar-refractivity contribution is 5.91. The van der Waals surface area contributed by atoms with Crippen molar-refractivity contribution >= 4 is 10.9 Å². The van der Waals surface area contributed by atoms with Crippen LogP contribution in [0.2, 0.25) is 0 Å². The topological polar surface area (TPSA) is 27.8 Å². The fraction of sp³-hybridized carbons (Fsp3) is 0.300. The van der Waals surface area contributed by atoms with E-state index < -0.39 is 36.2 Å². The van der Waals surface area contributed by atoms with E-state index in [0.717, 1.165) is 0 Å². The van der Waals surface area contributed by atoms with Gasteiger partial charge >= 0.3 is 18.5 Å². The third-order valence-corrected chi connectivity index (χ3v) is 4.57. The molecule has 1 aromatic heterocycles. The molecule has 0 bridgehead atoms. The van der Waals surface area contributed by atoms with Gasteiger partial charge in [-0.25, -0.2) is 0 Å². The van der Waals surface area contributed by atoms with Crippen molar-refractivity contribution in [3.8, 4) is 11.3 Å². The lowest BCUT2D eigenvalue weighted by atomic mass is 9.98. The summed E-state index contributed by atoms with van der Waals surface area (Å²) in [5.41, 5.74) is -2.56. The molecule has 0 aliphatic rings. The molecule has 2 nitrogen and oxygen atoms in total. The Morgan fingerprint density at radius 2 is 1.35 bits per heavy atom. The lowest BCUT2D eigenvalue weighted by Gasteiger charge is -2.15. The van der Waals surface area contributed by atoms with Gasteiger partial charge in [0.15, 0.2) is 0 Å². The Labute approximate surface area is 170 Å². The number of hydrogen-bond acceptors (Lipinski definition) is 1. The Kier molecular flexibility index (Phi) is 6.01. The van der Waals surface area contributed by atoms with Crippen molar-refractivity contribution < 1.29 is 39.5 Å². The van der Waals surface area contributed by atoms with E-state index in [1.165, 1.54) is 0 Å². The fourth-order valence-electron chi connectivity index (χ4n) is 3.25. The molecule has 168 valence electrons. The van der Waals surface area contributed by atoms with Gasteiger partial charge in [0.1, 0.15) is 0 Å². The zero-order valence-corrected chi connectivity index (χ0v) is 15.6. The average Bonchev–Trinajstić information content (AvgIpc) is 3.01. The maximum absolute atomic E-state index is 13.2. The molecule has 1 heterocycles. The van der Waals surface area contributed by atoms with E-state index >= 15 is 0 Å². The summed E-state index contributed by atoms with van der Waals surface area (Å²) in [6.45, 7) is -1.45. The number of aromatic nitrogens is 1. The zero-order chi connectivity index (χ0) is 23.0. The summed E-state index contributed by atoms with van der Waals surface area (Å²) in [7, 11) is 0. The second-order valence-corrected chi connectivity index (χ2v) is 6.86. The number of para-hydroxylation sites is 1. The summed E-state index contributed by atoms with van der Waals surface area (Å²) in [6, 6.07) is 7.59. The standard InChI is InChI=1S/C20H15F9N2/c21-18(22,23)10-30-6-5-15-14-3-1-2-4-16(14)31-17(15)11-7-12(19(24,25)26)9-13(8-11)20(27,28)29/h1-4,7-9,30-31H,5-6,10H2. The predicted molar refractivity (Wildman–Crippen MR) is 96.4 cm³/mol. The SMILES string of the molecule is FC(F)(F)CNCCc1c(-c2cc(C(F)(F)F)cc(C(F)(F)F)c2)[nH]c2ccccc12.